The molecule has 0 bridgehead atoms. The van der Waals surface area contributed by atoms with Gasteiger partial charge in [-0.15, -0.1) is 0 Å². The van der Waals surface area contributed by atoms with Gasteiger partial charge in [-0.3, -0.25) is 4.79 Å². The second kappa shape index (κ2) is 7.26. The molecule has 0 aromatic heterocycles. The number of amides is 1. The molecule has 2 rings (SSSR count). The standard InChI is InChI=1S/C15H22N2O2/c1-13-11-17(9-8-16-13)15(18)12-19-10-7-14-5-3-2-4-6-14/h2-6,13,16H,7-12H2,1H3. The predicted octanol–water partition coefficient (Wildman–Crippen LogP) is 1.07. The molecule has 0 saturated carbocycles. The van der Waals surface area contributed by atoms with Gasteiger partial charge in [0.25, 0.3) is 0 Å². The maximum atomic E-state index is 11.9. The number of nitrogens with zero attached hydrogens (tertiary/aromatic N) is 1. The van der Waals surface area contributed by atoms with Gasteiger partial charge in [-0.2, -0.15) is 0 Å². The highest BCUT2D eigenvalue weighted by atomic mass is 16.5. The molecule has 1 atom stereocenters. The molecule has 1 N–H and O–H groups in total. The Kier molecular flexibility index (Phi) is 5.36. The normalized spacial score (nSPS) is 19.4. The smallest absolute Gasteiger partial charge is 0.248 e. The van der Waals surface area contributed by atoms with Gasteiger partial charge in [-0.1, -0.05) is 30.3 Å². The van der Waals surface area contributed by atoms with Crippen molar-refractivity contribution in [2.75, 3.05) is 32.8 Å². The third-order valence-corrected chi connectivity index (χ3v) is 3.32. The van der Waals surface area contributed by atoms with Crippen LogP contribution in [0.25, 0.3) is 0 Å². The molecule has 0 spiro atoms. The highest BCUT2D eigenvalue weighted by Crippen LogP contribution is 2.01. The van der Waals surface area contributed by atoms with Crippen molar-refractivity contribution < 1.29 is 9.53 Å². The predicted molar refractivity (Wildman–Crippen MR) is 75.0 cm³/mol. The summed E-state index contributed by atoms with van der Waals surface area (Å²) in [5, 5.41) is 3.32. The van der Waals surface area contributed by atoms with E-state index in [1.807, 2.05) is 23.1 Å². The Labute approximate surface area is 114 Å². The number of ether oxygens (including phenoxy) is 1. The maximum absolute atomic E-state index is 11.9. The molecule has 0 aliphatic carbocycles. The molecule has 1 aliphatic heterocycles. The highest BCUT2D eigenvalue weighted by Gasteiger charge is 2.19. The van der Waals surface area contributed by atoms with Crippen molar-refractivity contribution in [1.29, 1.82) is 0 Å². The minimum absolute atomic E-state index is 0.0985. The Hall–Kier alpha value is -1.39. The average Bonchev–Trinajstić information content (AvgIpc) is 2.44. The number of carbonyl (C=O) groups excluding carboxylic acids is 1. The molecule has 1 fully saturated rings. The van der Waals surface area contributed by atoms with Crippen molar-refractivity contribution >= 4 is 5.91 Å². The van der Waals surface area contributed by atoms with E-state index in [0.29, 0.717) is 12.6 Å². The van der Waals surface area contributed by atoms with Crippen LogP contribution in [0.5, 0.6) is 0 Å². The molecule has 1 unspecified atom stereocenters. The number of benzene rings is 1. The molecule has 1 heterocycles. The van der Waals surface area contributed by atoms with Crippen LogP contribution < -0.4 is 5.32 Å². The SMILES string of the molecule is CC1CN(C(=O)COCCc2ccccc2)CCN1. The topological polar surface area (TPSA) is 41.6 Å². The molecule has 0 radical (unpaired) electrons. The monoisotopic (exact) mass is 262 g/mol. The minimum atomic E-state index is 0.0985. The van der Waals surface area contributed by atoms with Gasteiger partial charge >= 0.3 is 0 Å². The van der Waals surface area contributed by atoms with Crippen molar-refractivity contribution in [1.82, 2.24) is 10.2 Å². The first-order valence-corrected chi connectivity index (χ1v) is 6.88. The summed E-state index contributed by atoms with van der Waals surface area (Å²) >= 11 is 0. The lowest BCUT2D eigenvalue weighted by Crippen LogP contribution is -2.52. The number of nitrogens with one attached hydrogen (secondary N) is 1. The molecule has 4 heteroatoms. The van der Waals surface area contributed by atoms with Gasteiger partial charge in [-0.25, -0.2) is 0 Å². The van der Waals surface area contributed by atoms with Crippen LogP contribution >= 0.6 is 0 Å². The zero-order valence-corrected chi connectivity index (χ0v) is 11.5. The molecular weight excluding hydrogens is 240 g/mol. The Bertz CT molecular complexity index is 394. The Balaban J connectivity index is 1.64. The van der Waals surface area contributed by atoms with Gasteiger partial charge in [0.15, 0.2) is 0 Å². The first-order chi connectivity index (χ1) is 9.25. The second-order valence-corrected chi connectivity index (χ2v) is 4.98. The van der Waals surface area contributed by atoms with E-state index in [2.05, 4.69) is 24.4 Å². The second-order valence-electron chi connectivity index (χ2n) is 4.98. The van der Waals surface area contributed by atoms with Gasteiger partial charge in [0.2, 0.25) is 5.91 Å². The number of carbonyl (C=O) groups is 1. The van der Waals surface area contributed by atoms with Crippen molar-refractivity contribution in [3.8, 4) is 0 Å². The Morgan fingerprint density at radius 3 is 2.95 bits per heavy atom. The zero-order valence-electron chi connectivity index (χ0n) is 11.5. The number of hydrogen-bond acceptors (Lipinski definition) is 3. The van der Waals surface area contributed by atoms with Crippen LogP contribution in [0, 0.1) is 0 Å². The summed E-state index contributed by atoms with van der Waals surface area (Å²) in [6.07, 6.45) is 0.853. The van der Waals surface area contributed by atoms with E-state index in [1.165, 1.54) is 5.56 Å². The Morgan fingerprint density at radius 2 is 2.21 bits per heavy atom. The van der Waals surface area contributed by atoms with Crippen molar-refractivity contribution in [3.05, 3.63) is 35.9 Å². The van der Waals surface area contributed by atoms with Crippen LogP contribution in [0.1, 0.15) is 12.5 Å². The van der Waals surface area contributed by atoms with Crippen LogP contribution in [-0.4, -0.2) is 49.7 Å². The van der Waals surface area contributed by atoms with E-state index in [-0.39, 0.29) is 12.5 Å². The van der Waals surface area contributed by atoms with Crippen LogP contribution in [0.2, 0.25) is 0 Å². The van der Waals surface area contributed by atoms with Gasteiger partial charge < -0.3 is 15.0 Å². The minimum Gasteiger partial charge on any atom is -0.371 e. The summed E-state index contributed by atoms with van der Waals surface area (Å²) < 4.78 is 5.48. The van der Waals surface area contributed by atoms with Gasteiger partial charge in [0, 0.05) is 25.7 Å². The first kappa shape index (κ1) is 14.0. The van der Waals surface area contributed by atoms with E-state index >= 15 is 0 Å². The third-order valence-electron chi connectivity index (χ3n) is 3.32. The lowest BCUT2D eigenvalue weighted by Gasteiger charge is -2.31. The fraction of sp³-hybridized carbons (Fsp3) is 0.533. The van der Waals surface area contributed by atoms with Crippen molar-refractivity contribution in [3.63, 3.8) is 0 Å². The highest BCUT2D eigenvalue weighted by molar-refractivity contribution is 5.77. The first-order valence-electron chi connectivity index (χ1n) is 6.88. The summed E-state index contributed by atoms with van der Waals surface area (Å²) in [5.74, 6) is 0.0985. The van der Waals surface area contributed by atoms with E-state index < -0.39 is 0 Å². The van der Waals surface area contributed by atoms with E-state index in [0.717, 1.165) is 26.1 Å². The summed E-state index contributed by atoms with van der Waals surface area (Å²) in [7, 11) is 0. The lowest BCUT2D eigenvalue weighted by atomic mass is 10.2. The van der Waals surface area contributed by atoms with Crippen LogP contribution in [0.3, 0.4) is 0 Å². The lowest BCUT2D eigenvalue weighted by molar-refractivity contribution is -0.137. The average molecular weight is 262 g/mol. The van der Waals surface area contributed by atoms with Crippen molar-refractivity contribution in [2.24, 2.45) is 0 Å². The summed E-state index contributed by atoms with van der Waals surface area (Å²) in [6.45, 7) is 5.32. The molecule has 104 valence electrons. The summed E-state index contributed by atoms with van der Waals surface area (Å²) in [5.41, 5.74) is 1.24. The van der Waals surface area contributed by atoms with Gasteiger partial charge in [0.1, 0.15) is 6.61 Å². The van der Waals surface area contributed by atoms with Crippen LogP contribution in [0.15, 0.2) is 30.3 Å². The summed E-state index contributed by atoms with van der Waals surface area (Å²) in [4.78, 5) is 13.8. The molecule has 1 aromatic carbocycles. The summed E-state index contributed by atoms with van der Waals surface area (Å²) in [6, 6.07) is 10.6. The zero-order chi connectivity index (χ0) is 13.5. The van der Waals surface area contributed by atoms with Crippen LogP contribution in [-0.2, 0) is 16.0 Å². The quantitative estimate of drug-likeness (QED) is 0.807. The fourth-order valence-corrected chi connectivity index (χ4v) is 2.24. The van der Waals surface area contributed by atoms with Crippen LogP contribution in [0.4, 0.5) is 0 Å². The maximum Gasteiger partial charge on any atom is 0.248 e. The fourth-order valence-electron chi connectivity index (χ4n) is 2.24. The molecule has 1 amide bonds. The molecule has 4 nitrogen and oxygen atoms in total. The Morgan fingerprint density at radius 1 is 1.42 bits per heavy atom. The number of piperazine rings is 1. The largest absolute Gasteiger partial charge is 0.371 e. The molecular formula is C15H22N2O2. The number of rotatable bonds is 5. The van der Waals surface area contributed by atoms with E-state index in [1.54, 1.807) is 0 Å². The number of hydrogen-bond donors (Lipinski definition) is 1. The molecule has 1 aliphatic rings. The van der Waals surface area contributed by atoms with Crippen molar-refractivity contribution in [2.45, 2.75) is 19.4 Å². The third kappa shape index (κ3) is 4.65. The van der Waals surface area contributed by atoms with E-state index in [4.69, 9.17) is 4.74 Å². The molecule has 1 aromatic rings. The van der Waals surface area contributed by atoms with Gasteiger partial charge in [-0.05, 0) is 18.9 Å². The van der Waals surface area contributed by atoms with Gasteiger partial charge in [0.05, 0.1) is 6.61 Å². The molecule has 19 heavy (non-hydrogen) atoms. The molecule has 1 saturated heterocycles. The van der Waals surface area contributed by atoms with E-state index in [9.17, 15) is 4.79 Å².